The predicted octanol–water partition coefficient (Wildman–Crippen LogP) is 4.06. The number of hydrogen-bond donors (Lipinski definition) is 1. The Hall–Kier alpha value is -3.09. The van der Waals surface area contributed by atoms with Gasteiger partial charge in [0, 0.05) is 29.3 Å². The van der Waals surface area contributed by atoms with E-state index in [4.69, 9.17) is 4.42 Å². The van der Waals surface area contributed by atoms with Crippen LogP contribution in [0.5, 0.6) is 0 Å². The number of aromatic nitrogens is 2. The first-order valence-corrected chi connectivity index (χ1v) is 8.22. The van der Waals surface area contributed by atoms with Gasteiger partial charge in [-0.1, -0.05) is 0 Å². The van der Waals surface area contributed by atoms with Gasteiger partial charge in [0.05, 0.1) is 12.4 Å². The minimum atomic E-state index is -1.02. The van der Waals surface area contributed by atoms with Crippen LogP contribution in [0.25, 0.3) is 11.1 Å². The fraction of sp³-hybridized carbons (Fsp3) is 0.211. The molecule has 0 saturated heterocycles. The molecule has 132 valence electrons. The summed E-state index contributed by atoms with van der Waals surface area (Å²) in [6, 6.07) is 3.40. The molecule has 1 aliphatic carbocycles. The van der Waals surface area contributed by atoms with Gasteiger partial charge in [-0.15, -0.1) is 0 Å². The molecule has 0 bridgehead atoms. The Kier molecular flexibility index (Phi) is 3.99. The van der Waals surface area contributed by atoms with Crippen molar-refractivity contribution >= 4 is 11.7 Å². The number of anilines is 1. The van der Waals surface area contributed by atoms with Gasteiger partial charge in [-0.25, -0.2) is 13.8 Å². The van der Waals surface area contributed by atoms with E-state index in [1.807, 2.05) is 6.92 Å². The van der Waals surface area contributed by atoms with Crippen molar-refractivity contribution in [1.29, 1.82) is 0 Å². The normalized spacial score (nSPS) is 12.9. The third-order valence-electron chi connectivity index (χ3n) is 4.47. The SMILES string of the molecule is Cc1oc2c(c1-c1ccc(NC(=O)c3c(F)cncc3F)nc1)CCC2. The molecule has 3 aromatic rings. The van der Waals surface area contributed by atoms with Crippen molar-refractivity contribution in [2.45, 2.75) is 26.2 Å². The number of nitrogens with zero attached hydrogens (tertiary/aromatic N) is 2. The van der Waals surface area contributed by atoms with Gasteiger partial charge >= 0.3 is 0 Å². The molecule has 0 spiro atoms. The maximum absolute atomic E-state index is 13.6. The highest BCUT2D eigenvalue weighted by Gasteiger charge is 2.23. The Balaban J connectivity index is 1.58. The summed E-state index contributed by atoms with van der Waals surface area (Å²) in [5.41, 5.74) is 2.44. The van der Waals surface area contributed by atoms with Crippen LogP contribution in [0.3, 0.4) is 0 Å². The number of halogens is 2. The van der Waals surface area contributed by atoms with Gasteiger partial charge in [-0.2, -0.15) is 0 Å². The third kappa shape index (κ3) is 2.75. The molecule has 1 aliphatic rings. The molecule has 0 aliphatic heterocycles. The van der Waals surface area contributed by atoms with Crippen LogP contribution < -0.4 is 5.32 Å². The van der Waals surface area contributed by atoms with Crippen LogP contribution in [0.4, 0.5) is 14.6 Å². The van der Waals surface area contributed by atoms with Crippen molar-refractivity contribution in [3.63, 3.8) is 0 Å². The van der Waals surface area contributed by atoms with Crippen LogP contribution >= 0.6 is 0 Å². The van der Waals surface area contributed by atoms with Crippen LogP contribution in [-0.4, -0.2) is 15.9 Å². The first kappa shape index (κ1) is 16.4. The molecule has 0 aromatic carbocycles. The lowest BCUT2D eigenvalue weighted by atomic mass is 10.0. The Morgan fingerprint density at radius 1 is 1.15 bits per heavy atom. The van der Waals surface area contributed by atoms with Crippen molar-refractivity contribution in [1.82, 2.24) is 9.97 Å². The van der Waals surface area contributed by atoms with Crippen molar-refractivity contribution in [3.05, 3.63) is 65.0 Å². The Labute approximate surface area is 148 Å². The zero-order valence-corrected chi connectivity index (χ0v) is 14.0. The summed E-state index contributed by atoms with van der Waals surface area (Å²) < 4.78 is 33.1. The Bertz CT molecular complexity index is 977. The molecule has 3 aromatic heterocycles. The van der Waals surface area contributed by atoms with Crippen molar-refractivity contribution in [3.8, 4) is 11.1 Å². The smallest absolute Gasteiger partial charge is 0.262 e. The van der Waals surface area contributed by atoms with Gasteiger partial charge in [-0.3, -0.25) is 9.78 Å². The van der Waals surface area contributed by atoms with Gasteiger partial charge in [0.15, 0.2) is 11.6 Å². The number of carbonyl (C=O) groups excluding carboxylic acids is 1. The number of hydrogen-bond acceptors (Lipinski definition) is 4. The fourth-order valence-corrected chi connectivity index (χ4v) is 3.34. The summed E-state index contributed by atoms with van der Waals surface area (Å²) in [5, 5.41) is 2.40. The number of pyridine rings is 2. The molecule has 1 N–H and O–H groups in total. The highest BCUT2D eigenvalue weighted by atomic mass is 19.1. The maximum atomic E-state index is 13.6. The number of amides is 1. The Morgan fingerprint density at radius 2 is 1.92 bits per heavy atom. The van der Waals surface area contributed by atoms with E-state index in [0.29, 0.717) is 0 Å². The number of fused-ring (bicyclic) bond motifs is 1. The standard InChI is InChI=1S/C19H15F2N3O2/c1-10-17(12-3-2-4-15(12)26-10)11-5-6-16(23-7-11)24-19(25)18-13(20)8-22-9-14(18)21/h5-9H,2-4H2,1H3,(H,23,24,25). The molecule has 26 heavy (non-hydrogen) atoms. The molecule has 4 rings (SSSR count). The van der Waals surface area contributed by atoms with E-state index in [2.05, 4.69) is 15.3 Å². The fourth-order valence-electron chi connectivity index (χ4n) is 3.34. The van der Waals surface area contributed by atoms with E-state index < -0.39 is 23.1 Å². The highest BCUT2D eigenvalue weighted by molar-refractivity contribution is 6.04. The quantitative estimate of drug-likeness (QED) is 0.769. The van der Waals surface area contributed by atoms with E-state index in [9.17, 15) is 13.6 Å². The number of nitrogens with one attached hydrogen (secondary N) is 1. The highest BCUT2D eigenvalue weighted by Crippen LogP contribution is 2.37. The summed E-state index contributed by atoms with van der Waals surface area (Å²) in [4.78, 5) is 19.7. The second-order valence-corrected chi connectivity index (χ2v) is 6.15. The molecule has 1 amide bonds. The number of carbonyl (C=O) groups is 1. The lowest BCUT2D eigenvalue weighted by Gasteiger charge is -2.07. The van der Waals surface area contributed by atoms with Gasteiger partial charge in [0.2, 0.25) is 0 Å². The first-order valence-electron chi connectivity index (χ1n) is 8.22. The molecule has 5 nitrogen and oxygen atoms in total. The topological polar surface area (TPSA) is 68.0 Å². The van der Waals surface area contributed by atoms with Crippen molar-refractivity contribution in [2.24, 2.45) is 0 Å². The van der Waals surface area contributed by atoms with E-state index in [1.54, 1.807) is 18.3 Å². The Morgan fingerprint density at radius 3 is 2.62 bits per heavy atom. The summed E-state index contributed by atoms with van der Waals surface area (Å²) in [7, 11) is 0. The van der Waals surface area contributed by atoms with Crippen molar-refractivity contribution < 1.29 is 18.0 Å². The van der Waals surface area contributed by atoms with Gasteiger partial charge in [0.1, 0.15) is 22.9 Å². The third-order valence-corrected chi connectivity index (χ3v) is 4.47. The maximum Gasteiger partial charge on any atom is 0.262 e. The molecular formula is C19H15F2N3O2. The van der Waals surface area contributed by atoms with Gasteiger partial charge in [0.25, 0.3) is 5.91 Å². The van der Waals surface area contributed by atoms with E-state index >= 15 is 0 Å². The van der Waals surface area contributed by atoms with E-state index in [-0.39, 0.29) is 5.82 Å². The van der Waals surface area contributed by atoms with Gasteiger partial charge < -0.3 is 9.73 Å². The van der Waals surface area contributed by atoms with E-state index in [1.165, 1.54) is 5.56 Å². The average Bonchev–Trinajstić information content (AvgIpc) is 3.15. The summed E-state index contributed by atoms with van der Waals surface area (Å²) in [5.74, 6) is -0.893. The average molecular weight is 355 g/mol. The molecule has 3 heterocycles. The molecule has 0 radical (unpaired) electrons. The lowest BCUT2D eigenvalue weighted by Crippen LogP contribution is -2.16. The number of furan rings is 1. The van der Waals surface area contributed by atoms with Crippen LogP contribution in [0.2, 0.25) is 0 Å². The monoisotopic (exact) mass is 355 g/mol. The molecule has 7 heteroatoms. The lowest BCUT2D eigenvalue weighted by molar-refractivity contribution is 0.101. The second kappa shape index (κ2) is 6.33. The van der Waals surface area contributed by atoms with Crippen LogP contribution in [0.1, 0.15) is 33.9 Å². The molecular weight excluding hydrogens is 340 g/mol. The van der Waals surface area contributed by atoms with Crippen LogP contribution in [0.15, 0.2) is 35.1 Å². The minimum Gasteiger partial charge on any atom is -0.465 e. The van der Waals surface area contributed by atoms with Crippen molar-refractivity contribution in [2.75, 3.05) is 5.32 Å². The first-order chi connectivity index (χ1) is 12.5. The largest absolute Gasteiger partial charge is 0.465 e. The molecule has 0 saturated carbocycles. The summed E-state index contributed by atoms with van der Waals surface area (Å²) >= 11 is 0. The molecule has 0 unspecified atom stereocenters. The molecule has 0 atom stereocenters. The van der Waals surface area contributed by atoms with Crippen LogP contribution in [-0.2, 0) is 12.8 Å². The minimum absolute atomic E-state index is 0.201. The zero-order chi connectivity index (χ0) is 18.3. The second-order valence-electron chi connectivity index (χ2n) is 6.15. The predicted molar refractivity (Wildman–Crippen MR) is 90.8 cm³/mol. The number of aryl methyl sites for hydroxylation is 2. The van der Waals surface area contributed by atoms with E-state index in [0.717, 1.165) is 54.3 Å². The zero-order valence-electron chi connectivity index (χ0n) is 14.0. The summed E-state index contributed by atoms with van der Waals surface area (Å²) in [6.45, 7) is 1.92. The molecule has 0 fully saturated rings. The number of rotatable bonds is 3. The van der Waals surface area contributed by atoms with Gasteiger partial charge in [-0.05, 0) is 31.9 Å². The summed E-state index contributed by atoms with van der Waals surface area (Å²) in [6.07, 6.45) is 6.19. The van der Waals surface area contributed by atoms with Crippen LogP contribution in [0, 0.1) is 18.6 Å².